The molecule has 0 unspecified atom stereocenters. The van der Waals surface area contributed by atoms with Crippen molar-refractivity contribution in [2.45, 2.75) is 64.8 Å². The standard InChI is InChI=1S/C10H18N2O2.C2H6.2H2/c11-9(13)6-7-10(14)12-8-4-2-1-3-5-8;1-2;;/h8H,1-7H2,(H2,11,13)(H,12,14);1-2H3;2*1H. The Morgan fingerprint density at radius 3 is 2.25 bits per heavy atom. The maximum Gasteiger partial charge on any atom is 0.220 e. The number of amides is 2. The molecule has 4 heteroatoms. The first-order chi connectivity index (χ1) is 7.68. The molecular formula is C12H28N2O2. The lowest BCUT2D eigenvalue weighted by Gasteiger charge is -2.22. The zero-order valence-electron chi connectivity index (χ0n) is 10.4. The largest absolute Gasteiger partial charge is 0.370 e. The Morgan fingerprint density at radius 2 is 1.75 bits per heavy atom. The van der Waals surface area contributed by atoms with Crippen molar-refractivity contribution < 1.29 is 12.4 Å². The summed E-state index contributed by atoms with van der Waals surface area (Å²) < 4.78 is 0. The summed E-state index contributed by atoms with van der Waals surface area (Å²) in [5.74, 6) is -0.459. The lowest BCUT2D eigenvalue weighted by Crippen LogP contribution is -2.36. The lowest BCUT2D eigenvalue weighted by molar-refractivity contribution is -0.125. The van der Waals surface area contributed by atoms with Gasteiger partial charge in [0.05, 0.1) is 0 Å². The van der Waals surface area contributed by atoms with E-state index in [9.17, 15) is 9.59 Å². The first-order valence-electron chi connectivity index (χ1n) is 6.26. The molecule has 1 fully saturated rings. The van der Waals surface area contributed by atoms with Gasteiger partial charge in [-0.3, -0.25) is 9.59 Å². The molecule has 16 heavy (non-hydrogen) atoms. The molecule has 0 aromatic rings. The summed E-state index contributed by atoms with van der Waals surface area (Å²) in [6.45, 7) is 4.00. The second kappa shape index (κ2) is 9.19. The first-order valence-corrected chi connectivity index (χ1v) is 6.26. The van der Waals surface area contributed by atoms with Crippen molar-refractivity contribution in [1.82, 2.24) is 5.32 Å². The molecule has 1 saturated carbocycles. The molecule has 0 saturated heterocycles. The van der Waals surface area contributed by atoms with Crippen molar-refractivity contribution >= 4 is 11.8 Å². The van der Waals surface area contributed by atoms with Gasteiger partial charge in [-0.15, -0.1) is 0 Å². The molecule has 0 aromatic carbocycles. The molecule has 3 N–H and O–H groups in total. The smallest absolute Gasteiger partial charge is 0.220 e. The monoisotopic (exact) mass is 232 g/mol. The van der Waals surface area contributed by atoms with Crippen molar-refractivity contribution in [3.05, 3.63) is 0 Å². The van der Waals surface area contributed by atoms with Gasteiger partial charge < -0.3 is 11.1 Å². The molecule has 0 aromatic heterocycles. The van der Waals surface area contributed by atoms with E-state index in [2.05, 4.69) is 5.32 Å². The molecule has 1 aliphatic rings. The van der Waals surface area contributed by atoms with Crippen LogP contribution in [0.3, 0.4) is 0 Å². The Morgan fingerprint density at radius 1 is 1.19 bits per heavy atom. The van der Waals surface area contributed by atoms with E-state index < -0.39 is 5.91 Å². The Kier molecular flexibility index (Phi) is 8.58. The molecule has 0 radical (unpaired) electrons. The highest BCUT2D eigenvalue weighted by molar-refractivity contribution is 5.82. The number of carbonyl (C=O) groups is 2. The van der Waals surface area contributed by atoms with E-state index in [0.717, 1.165) is 12.8 Å². The van der Waals surface area contributed by atoms with Gasteiger partial charge in [0.15, 0.2) is 0 Å². The third kappa shape index (κ3) is 7.26. The van der Waals surface area contributed by atoms with Crippen molar-refractivity contribution in [3.8, 4) is 0 Å². The second-order valence-electron chi connectivity index (χ2n) is 3.87. The predicted molar refractivity (Wildman–Crippen MR) is 69.0 cm³/mol. The number of hydrogen-bond acceptors (Lipinski definition) is 2. The van der Waals surface area contributed by atoms with Crippen molar-refractivity contribution in [1.29, 1.82) is 0 Å². The van der Waals surface area contributed by atoms with Crippen LogP contribution in [0.1, 0.15) is 61.6 Å². The van der Waals surface area contributed by atoms with E-state index in [0.29, 0.717) is 6.04 Å². The van der Waals surface area contributed by atoms with Crippen LogP contribution in [0.2, 0.25) is 0 Å². The summed E-state index contributed by atoms with van der Waals surface area (Å²) in [7, 11) is 0. The third-order valence-corrected chi connectivity index (χ3v) is 2.57. The highest BCUT2D eigenvalue weighted by Gasteiger charge is 2.15. The van der Waals surface area contributed by atoms with Gasteiger partial charge in [-0.25, -0.2) is 0 Å². The molecule has 0 bridgehead atoms. The van der Waals surface area contributed by atoms with E-state index in [1.807, 2.05) is 13.8 Å². The van der Waals surface area contributed by atoms with Crippen molar-refractivity contribution in [2.24, 2.45) is 5.73 Å². The van der Waals surface area contributed by atoms with Crippen LogP contribution in [0.5, 0.6) is 0 Å². The van der Waals surface area contributed by atoms with Crippen molar-refractivity contribution in [3.63, 3.8) is 0 Å². The number of nitrogens with two attached hydrogens (primary N) is 1. The number of hydrogen-bond donors (Lipinski definition) is 2. The minimum atomic E-state index is -0.413. The van der Waals surface area contributed by atoms with E-state index in [1.165, 1.54) is 19.3 Å². The highest BCUT2D eigenvalue weighted by Crippen LogP contribution is 2.17. The summed E-state index contributed by atoms with van der Waals surface area (Å²) in [5, 5.41) is 2.93. The zero-order valence-corrected chi connectivity index (χ0v) is 10.4. The minimum absolute atomic E-state index is 0. The summed E-state index contributed by atoms with van der Waals surface area (Å²) >= 11 is 0. The summed E-state index contributed by atoms with van der Waals surface area (Å²) in [6.07, 6.45) is 6.18. The van der Waals surface area contributed by atoms with Crippen LogP contribution in [-0.4, -0.2) is 17.9 Å². The van der Waals surface area contributed by atoms with Crippen LogP contribution < -0.4 is 11.1 Å². The quantitative estimate of drug-likeness (QED) is 0.780. The summed E-state index contributed by atoms with van der Waals surface area (Å²) in [4.78, 5) is 21.7. The maximum absolute atomic E-state index is 11.3. The second-order valence-corrected chi connectivity index (χ2v) is 3.87. The molecule has 0 aliphatic heterocycles. The SMILES string of the molecule is CC.NC(=O)CCC(=O)NC1CCCCC1.[HH].[HH]. The molecule has 98 valence electrons. The van der Waals surface area contributed by atoms with Gasteiger partial charge in [0, 0.05) is 21.7 Å². The zero-order chi connectivity index (χ0) is 12.4. The predicted octanol–water partition coefficient (Wildman–Crippen LogP) is 2.22. The fraction of sp³-hybridized carbons (Fsp3) is 0.833. The van der Waals surface area contributed by atoms with Gasteiger partial charge >= 0.3 is 0 Å². The highest BCUT2D eigenvalue weighted by atomic mass is 16.2. The van der Waals surface area contributed by atoms with E-state index in [-0.39, 0.29) is 21.6 Å². The minimum Gasteiger partial charge on any atom is -0.370 e. The normalized spacial score (nSPS) is 15.9. The van der Waals surface area contributed by atoms with Crippen LogP contribution in [0.25, 0.3) is 0 Å². The third-order valence-electron chi connectivity index (χ3n) is 2.57. The van der Waals surface area contributed by atoms with Gasteiger partial charge in [-0.1, -0.05) is 33.1 Å². The van der Waals surface area contributed by atoms with Crippen LogP contribution in [0.15, 0.2) is 0 Å². The molecular weight excluding hydrogens is 204 g/mol. The molecule has 1 aliphatic carbocycles. The van der Waals surface area contributed by atoms with Gasteiger partial charge in [-0.2, -0.15) is 0 Å². The molecule has 0 heterocycles. The van der Waals surface area contributed by atoms with Crippen LogP contribution in [-0.2, 0) is 9.59 Å². The van der Waals surface area contributed by atoms with Gasteiger partial charge in [0.2, 0.25) is 11.8 Å². The molecule has 2 amide bonds. The summed E-state index contributed by atoms with van der Waals surface area (Å²) in [5.41, 5.74) is 4.95. The Hall–Kier alpha value is -1.06. The topological polar surface area (TPSA) is 72.2 Å². The number of primary amides is 1. The maximum atomic E-state index is 11.3. The van der Waals surface area contributed by atoms with Gasteiger partial charge in [-0.05, 0) is 12.8 Å². The fourth-order valence-corrected chi connectivity index (χ4v) is 1.78. The van der Waals surface area contributed by atoms with Gasteiger partial charge in [0.1, 0.15) is 0 Å². The Bertz CT molecular complexity index is 220. The Balaban J connectivity index is -0.000000534. The van der Waals surface area contributed by atoms with Gasteiger partial charge in [0.25, 0.3) is 0 Å². The average molecular weight is 232 g/mol. The van der Waals surface area contributed by atoms with E-state index in [4.69, 9.17) is 5.73 Å². The first kappa shape index (κ1) is 14.9. The van der Waals surface area contributed by atoms with Crippen LogP contribution in [0, 0.1) is 0 Å². The Labute approximate surface area is 101 Å². The van der Waals surface area contributed by atoms with E-state index in [1.54, 1.807) is 0 Å². The van der Waals surface area contributed by atoms with Crippen LogP contribution in [0.4, 0.5) is 0 Å². The van der Waals surface area contributed by atoms with E-state index >= 15 is 0 Å². The molecule has 0 spiro atoms. The molecule has 4 nitrogen and oxygen atoms in total. The number of rotatable bonds is 4. The number of nitrogens with one attached hydrogen (secondary N) is 1. The fourth-order valence-electron chi connectivity index (χ4n) is 1.78. The summed E-state index contributed by atoms with van der Waals surface area (Å²) in [6, 6.07) is 0.323. The number of carbonyl (C=O) groups excluding carboxylic acids is 2. The molecule has 0 atom stereocenters. The average Bonchev–Trinajstić information content (AvgIpc) is 2.30. The molecule has 1 rings (SSSR count). The van der Waals surface area contributed by atoms with Crippen LogP contribution >= 0.6 is 0 Å². The lowest BCUT2D eigenvalue weighted by atomic mass is 9.95. The van der Waals surface area contributed by atoms with Crippen molar-refractivity contribution in [2.75, 3.05) is 0 Å².